The Morgan fingerprint density at radius 1 is 1.25 bits per heavy atom. The van der Waals surface area contributed by atoms with Crippen LogP contribution in [0.15, 0.2) is 52.4 Å². The molecule has 1 amide bonds. The Kier molecular flexibility index (Phi) is 3.80. The van der Waals surface area contributed by atoms with Crippen LogP contribution in [0.25, 0.3) is 10.9 Å². The molecule has 0 radical (unpaired) electrons. The molecule has 3 rings (SSSR count). The summed E-state index contributed by atoms with van der Waals surface area (Å²) in [5.74, 6) is -0.0262. The number of halogens is 1. The summed E-state index contributed by atoms with van der Waals surface area (Å²) in [6.07, 6.45) is 2.12. The monoisotopic (exact) mass is 346 g/mol. The first-order chi connectivity index (χ1) is 9.74. The van der Waals surface area contributed by atoms with Gasteiger partial charge in [-0.05, 0) is 29.6 Å². The number of aromatic nitrogens is 1. The zero-order chi connectivity index (χ0) is 13.9. The van der Waals surface area contributed by atoms with Crippen LogP contribution in [0.2, 0.25) is 0 Å². The number of hydrogen-bond donors (Lipinski definition) is 1. The van der Waals surface area contributed by atoms with Crippen molar-refractivity contribution in [1.82, 2.24) is 4.98 Å². The maximum Gasteiger partial charge on any atom is 0.229 e. The van der Waals surface area contributed by atoms with Gasteiger partial charge >= 0.3 is 0 Å². The number of rotatable bonds is 3. The van der Waals surface area contributed by atoms with E-state index >= 15 is 0 Å². The number of anilines is 1. The summed E-state index contributed by atoms with van der Waals surface area (Å²) in [5.41, 5.74) is 1.53. The van der Waals surface area contributed by atoms with E-state index in [4.69, 9.17) is 0 Å². The molecule has 1 aromatic carbocycles. The summed E-state index contributed by atoms with van der Waals surface area (Å²) in [6.45, 7) is 0. The van der Waals surface area contributed by atoms with Crippen molar-refractivity contribution in [1.29, 1.82) is 0 Å². The molecular formula is C15H11BrN2OS. The standard InChI is InChI=1S/C15H11BrN2OS/c16-12-5-6-13(15-11(12)4-1-7-17-15)18-14(19)9-10-3-2-8-20-10/h1-8H,9H2,(H,18,19). The number of fused-ring (bicyclic) bond motifs is 1. The molecule has 0 saturated carbocycles. The lowest BCUT2D eigenvalue weighted by atomic mass is 10.2. The average Bonchev–Trinajstić information content (AvgIpc) is 2.95. The third kappa shape index (κ3) is 2.73. The predicted octanol–water partition coefficient (Wildman–Crippen LogP) is 4.24. The third-order valence-corrected chi connectivity index (χ3v) is 4.47. The molecule has 0 spiro atoms. The van der Waals surface area contributed by atoms with Gasteiger partial charge in [-0.2, -0.15) is 0 Å². The van der Waals surface area contributed by atoms with Crippen molar-refractivity contribution in [2.45, 2.75) is 6.42 Å². The van der Waals surface area contributed by atoms with Gasteiger partial charge in [0.15, 0.2) is 0 Å². The molecule has 2 heterocycles. The van der Waals surface area contributed by atoms with Crippen LogP contribution in [0, 0.1) is 0 Å². The number of carbonyl (C=O) groups excluding carboxylic acids is 1. The van der Waals surface area contributed by atoms with Gasteiger partial charge < -0.3 is 5.32 Å². The number of thiophene rings is 1. The first kappa shape index (κ1) is 13.3. The van der Waals surface area contributed by atoms with E-state index in [-0.39, 0.29) is 5.91 Å². The highest BCUT2D eigenvalue weighted by atomic mass is 79.9. The summed E-state index contributed by atoms with van der Waals surface area (Å²) in [7, 11) is 0. The second-order valence-electron chi connectivity index (χ2n) is 4.30. The van der Waals surface area contributed by atoms with E-state index in [1.807, 2.05) is 41.8 Å². The predicted molar refractivity (Wildman–Crippen MR) is 86.1 cm³/mol. The highest BCUT2D eigenvalue weighted by Crippen LogP contribution is 2.28. The first-order valence-corrected chi connectivity index (χ1v) is 7.77. The van der Waals surface area contributed by atoms with Crippen molar-refractivity contribution >= 4 is 49.8 Å². The minimum Gasteiger partial charge on any atom is -0.324 e. The van der Waals surface area contributed by atoms with Gasteiger partial charge in [0.2, 0.25) is 5.91 Å². The van der Waals surface area contributed by atoms with Crippen LogP contribution in [-0.4, -0.2) is 10.9 Å². The van der Waals surface area contributed by atoms with E-state index < -0.39 is 0 Å². The Morgan fingerprint density at radius 3 is 2.95 bits per heavy atom. The van der Waals surface area contributed by atoms with Gasteiger partial charge in [0.25, 0.3) is 0 Å². The lowest BCUT2D eigenvalue weighted by Crippen LogP contribution is -2.14. The van der Waals surface area contributed by atoms with Crippen LogP contribution in [0.5, 0.6) is 0 Å². The maximum absolute atomic E-state index is 12.1. The van der Waals surface area contributed by atoms with E-state index in [9.17, 15) is 4.79 Å². The second-order valence-corrected chi connectivity index (χ2v) is 6.19. The molecule has 0 aliphatic heterocycles. The Labute approximate surface area is 128 Å². The SMILES string of the molecule is O=C(Cc1cccs1)Nc1ccc(Br)c2cccnc12. The van der Waals surface area contributed by atoms with Crippen LogP contribution >= 0.6 is 27.3 Å². The number of nitrogens with zero attached hydrogens (tertiary/aromatic N) is 1. The van der Waals surface area contributed by atoms with Gasteiger partial charge in [-0.1, -0.05) is 28.1 Å². The summed E-state index contributed by atoms with van der Waals surface area (Å²) in [6, 6.07) is 11.5. The van der Waals surface area contributed by atoms with Crippen molar-refractivity contribution in [2.75, 3.05) is 5.32 Å². The summed E-state index contributed by atoms with van der Waals surface area (Å²) < 4.78 is 0.969. The topological polar surface area (TPSA) is 42.0 Å². The van der Waals surface area contributed by atoms with Crippen molar-refractivity contribution in [3.63, 3.8) is 0 Å². The van der Waals surface area contributed by atoms with Crippen LogP contribution in [0.3, 0.4) is 0 Å². The third-order valence-electron chi connectivity index (χ3n) is 2.91. The number of pyridine rings is 1. The van der Waals surface area contributed by atoms with Crippen LogP contribution in [0.1, 0.15) is 4.88 Å². The number of amides is 1. The number of nitrogens with one attached hydrogen (secondary N) is 1. The molecule has 0 atom stereocenters. The molecule has 0 fully saturated rings. The van der Waals surface area contributed by atoms with Gasteiger partial charge in [0.05, 0.1) is 17.6 Å². The summed E-state index contributed by atoms with van der Waals surface area (Å²) in [5, 5.41) is 5.89. The zero-order valence-corrected chi connectivity index (χ0v) is 12.9. The van der Waals surface area contributed by atoms with Gasteiger partial charge in [-0.3, -0.25) is 9.78 Å². The lowest BCUT2D eigenvalue weighted by Gasteiger charge is -2.08. The molecule has 3 aromatic rings. The van der Waals surface area contributed by atoms with Crippen LogP contribution in [0.4, 0.5) is 5.69 Å². The molecule has 0 bridgehead atoms. The molecule has 0 aliphatic carbocycles. The van der Waals surface area contributed by atoms with Gasteiger partial charge in [-0.25, -0.2) is 0 Å². The van der Waals surface area contributed by atoms with E-state index in [1.54, 1.807) is 17.5 Å². The quantitative estimate of drug-likeness (QED) is 0.770. The second kappa shape index (κ2) is 5.73. The molecule has 3 nitrogen and oxygen atoms in total. The largest absolute Gasteiger partial charge is 0.324 e. The van der Waals surface area contributed by atoms with Crippen molar-refractivity contribution in [2.24, 2.45) is 0 Å². The Balaban J connectivity index is 1.87. The molecular weight excluding hydrogens is 336 g/mol. The number of benzene rings is 1. The van der Waals surface area contributed by atoms with Crippen molar-refractivity contribution < 1.29 is 4.79 Å². The van der Waals surface area contributed by atoms with E-state index in [0.717, 1.165) is 25.9 Å². The molecule has 2 aromatic heterocycles. The highest BCUT2D eigenvalue weighted by molar-refractivity contribution is 9.10. The zero-order valence-electron chi connectivity index (χ0n) is 10.5. The molecule has 0 aliphatic rings. The average molecular weight is 347 g/mol. The first-order valence-electron chi connectivity index (χ1n) is 6.09. The molecule has 5 heteroatoms. The van der Waals surface area contributed by atoms with E-state index in [2.05, 4.69) is 26.2 Å². The minimum atomic E-state index is -0.0262. The number of hydrogen-bond acceptors (Lipinski definition) is 3. The van der Waals surface area contributed by atoms with Gasteiger partial charge in [0, 0.05) is 20.9 Å². The lowest BCUT2D eigenvalue weighted by molar-refractivity contribution is -0.115. The fraction of sp³-hybridized carbons (Fsp3) is 0.0667. The smallest absolute Gasteiger partial charge is 0.229 e. The molecule has 1 N–H and O–H groups in total. The van der Waals surface area contributed by atoms with Crippen LogP contribution in [-0.2, 0) is 11.2 Å². The molecule has 20 heavy (non-hydrogen) atoms. The fourth-order valence-electron chi connectivity index (χ4n) is 2.00. The fourth-order valence-corrected chi connectivity index (χ4v) is 3.16. The Morgan fingerprint density at radius 2 is 2.15 bits per heavy atom. The molecule has 100 valence electrons. The Hall–Kier alpha value is -1.72. The maximum atomic E-state index is 12.1. The molecule has 0 saturated heterocycles. The summed E-state index contributed by atoms with van der Waals surface area (Å²) >= 11 is 5.08. The minimum absolute atomic E-state index is 0.0262. The van der Waals surface area contributed by atoms with E-state index in [1.165, 1.54) is 0 Å². The van der Waals surface area contributed by atoms with Crippen molar-refractivity contribution in [3.8, 4) is 0 Å². The van der Waals surface area contributed by atoms with Gasteiger partial charge in [0.1, 0.15) is 0 Å². The summed E-state index contributed by atoms with van der Waals surface area (Å²) in [4.78, 5) is 17.5. The number of carbonyl (C=O) groups is 1. The highest BCUT2D eigenvalue weighted by Gasteiger charge is 2.09. The normalized spacial score (nSPS) is 10.7. The van der Waals surface area contributed by atoms with E-state index in [0.29, 0.717) is 6.42 Å². The van der Waals surface area contributed by atoms with Crippen molar-refractivity contribution in [3.05, 3.63) is 57.3 Å². The molecule has 0 unspecified atom stereocenters. The van der Waals surface area contributed by atoms with Gasteiger partial charge in [-0.15, -0.1) is 11.3 Å². The Bertz CT molecular complexity index is 756. The van der Waals surface area contributed by atoms with Crippen LogP contribution < -0.4 is 5.32 Å².